The van der Waals surface area contributed by atoms with Crippen LogP contribution in [0.2, 0.25) is 0 Å². The van der Waals surface area contributed by atoms with Gasteiger partial charge in [0.2, 0.25) is 0 Å². The molecule has 4 heteroatoms. The number of rotatable bonds is 7. The molecule has 106 valence electrons. The standard InChI is InChI=1S/C16H20N2OS/c1-2-20-15-9-4-3-8-14(15)16(19)17-10-7-13-18-11-5-6-12-18/h3-6,8-9,11-12H,2,7,10,13H2,1H3,(H,17,19). The Morgan fingerprint density at radius 2 is 1.95 bits per heavy atom. The molecule has 2 aromatic rings. The van der Waals surface area contributed by atoms with Crippen molar-refractivity contribution in [2.45, 2.75) is 24.8 Å². The minimum absolute atomic E-state index is 0.0223. The van der Waals surface area contributed by atoms with Gasteiger partial charge in [-0.1, -0.05) is 19.1 Å². The molecule has 0 atom stereocenters. The van der Waals surface area contributed by atoms with Gasteiger partial charge in [-0.05, 0) is 36.4 Å². The smallest absolute Gasteiger partial charge is 0.252 e. The van der Waals surface area contributed by atoms with Crippen molar-refractivity contribution in [1.29, 1.82) is 0 Å². The second-order valence-corrected chi connectivity index (χ2v) is 5.77. The van der Waals surface area contributed by atoms with Gasteiger partial charge < -0.3 is 9.88 Å². The van der Waals surface area contributed by atoms with Crippen molar-refractivity contribution >= 4 is 17.7 Å². The molecule has 1 amide bonds. The highest BCUT2D eigenvalue weighted by Crippen LogP contribution is 2.21. The van der Waals surface area contributed by atoms with E-state index in [9.17, 15) is 4.79 Å². The first kappa shape index (κ1) is 14.7. The predicted molar refractivity (Wildman–Crippen MR) is 84.2 cm³/mol. The molecule has 1 heterocycles. The fraction of sp³-hybridized carbons (Fsp3) is 0.312. The van der Waals surface area contributed by atoms with Gasteiger partial charge in [0.15, 0.2) is 0 Å². The van der Waals surface area contributed by atoms with Crippen molar-refractivity contribution in [2.75, 3.05) is 12.3 Å². The maximum Gasteiger partial charge on any atom is 0.252 e. The Labute approximate surface area is 124 Å². The monoisotopic (exact) mass is 288 g/mol. The first-order valence-corrected chi connectivity index (χ1v) is 7.90. The van der Waals surface area contributed by atoms with Crippen molar-refractivity contribution in [3.63, 3.8) is 0 Å². The van der Waals surface area contributed by atoms with E-state index in [0.717, 1.165) is 29.2 Å². The minimum Gasteiger partial charge on any atom is -0.354 e. The van der Waals surface area contributed by atoms with Crippen LogP contribution in [0.5, 0.6) is 0 Å². The Morgan fingerprint density at radius 1 is 1.20 bits per heavy atom. The molecule has 1 aromatic heterocycles. The van der Waals surface area contributed by atoms with Crippen LogP contribution < -0.4 is 5.32 Å². The number of carbonyl (C=O) groups excluding carboxylic acids is 1. The number of hydrogen-bond acceptors (Lipinski definition) is 2. The highest BCUT2D eigenvalue weighted by Gasteiger charge is 2.09. The normalized spacial score (nSPS) is 10.4. The van der Waals surface area contributed by atoms with Gasteiger partial charge in [0.1, 0.15) is 0 Å². The number of benzene rings is 1. The van der Waals surface area contributed by atoms with E-state index in [-0.39, 0.29) is 5.91 Å². The summed E-state index contributed by atoms with van der Waals surface area (Å²) in [5.41, 5.74) is 0.778. The van der Waals surface area contributed by atoms with Crippen molar-refractivity contribution in [3.05, 3.63) is 54.4 Å². The predicted octanol–water partition coefficient (Wildman–Crippen LogP) is 3.42. The average Bonchev–Trinajstić information content (AvgIpc) is 2.97. The van der Waals surface area contributed by atoms with Crippen LogP contribution in [0.4, 0.5) is 0 Å². The van der Waals surface area contributed by atoms with E-state index in [1.807, 2.05) is 48.8 Å². The summed E-state index contributed by atoms with van der Waals surface area (Å²) in [6.07, 6.45) is 5.01. The molecule has 0 spiro atoms. The van der Waals surface area contributed by atoms with Gasteiger partial charge in [0.25, 0.3) is 5.91 Å². The second-order valence-electron chi connectivity index (χ2n) is 4.46. The summed E-state index contributed by atoms with van der Waals surface area (Å²) in [7, 11) is 0. The molecule has 0 aliphatic carbocycles. The van der Waals surface area contributed by atoms with Crippen molar-refractivity contribution in [3.8, 4) is 0 Å². The van der Waals surface area contributed by atoms with Crippen molar-refractivity contribution in [2.24, 2.45) is 0 Å². The molecule has 3 nitrogen and oxygen atoms in total. The highest BCUT2D eigenvalue weighted by atomic mass is 32.2. The summed E-state index contributed by atoms with van der Waals surface area (Å²) < 4.78 is 2.12. The SMILES string of the molecule is CCSc1ccccc1C(=O)NCCCn1cccc1. The quantitative estimate of drug-likeness (QED) is 0.625. The van der Waals surface area contributed by atoms with Crippen LogP contribution in [0.15, 0.2) is 53.7 Å². The fourth-order valence-corrected chi connectivity index (χ4v) is 2.82. The van der Waals surface area contributed by atoms with Gasteiger partial charge in [-0.15, -0.1) is 11.8 Å². The lowest BCUT2D eigenvalue weighted by Crippen LogP contribution is -2.25. The van der Waals surface area contributed by atoms with Gasteiger partial charge in [0.05, 0.1) is 5.56 Å². The largest absolute Gasteiger partial charge is 0.354 e. The maximum absolute atomic E-state index is 12.2. The van der Waals surface area contributed by atoms with Gasteiger partial charge in [-0.25, -0.2) is 0 Å². The molecule has 0 aliphatic rings. The number of thioether (sulfide) groups is 1. The van der Waals surface area contributed by atoms with E-state index in [4.69, 9.17) is 0 Å². The number of nitrogens with one attached hydrogen (secondary N) is 1. The Kier molecular flexibility index (Phi) is 5.74. The van der Waals surface area contributed by atoms with Crippen LogP contribution in [0.1, 0.15) is 23.7 Å². The molecule has 0 radical (unpaired) electrons. The van der Waals surface area contributed by atoms with Crippen LogP contribution in [0, 0.1) is 0 Å². The minimum atomic E-state index is 0.0223. The topological polar surface area (TPSA) is 34.0 Å². The zero-order valence-electron chi connectivity index (χ0n) is 11.7. The third kappa shape index (κ3) is 4.17. The van der Waals surface area contributed by atoms with Gasteiger partial charge >= 0.3 is 0 Å². The highest BCUT2D eigenvalue weighted by molar-refractivity contribution is 7.99. The molecule has 1 N–H and O–H groups in total. The van der Waals surface area contributed by atoms with Crippen molar-refractivity contribution < 1.29 is 4.79 Å². The third-order valence-corrected chi connectivity index (χ3v) is 3.93. The number of amides is 1. The number of nitrogens with zero attached hydrogens (tertiary/aromatic N) is 1. The van der Waals surface area contributed by atoms with Crippen LogP contribution in [-0.2, 0) is 6.54 Å². The van der Waals surface area contributed by atoms with Crippen LogP contribution in [0.3, 0.4) is 0 Å². The number of carbonyl (C=O) groups is 1. The van der Waals surface area contributed by atoms with Gasteiger partial charge in [-0.2, -0.15) is 0 Å². The Bertz CT molecular complexity index is 537. The molecular weight excluding hydrogens is 268 g/mol. The summed E-state index contributed by atoms with van der Waals surface area (Å²) in [5.74, 6) is 0.992. The molecule has 0 unspecified atom stereocenters. The van der Waals surface area contributed by atoms with E-state index in [2.05, 4.69) is 16.8 Å². The third-order valence-electron chi connectivity index (χ3n) is 2.98. The lowest BCUT2D eigenvalue weighted by atomic mass is 10.2. The molecule has 0 bridgehead atoms. The maximum atomic E-state index is 12.2. The fourth-order valence-electron chi connectivity index (χ4n) is 2.01. The summed E-state index contributed by atoms with van der Waals surface area (Å²) in [6.45, 7) is 3.72. The zero-order chi connectivity index (χ0) is 14.2. The summed E-state index contributed by atoms with van der Waals surface area (Å²) in [5, 5.41) is 2.99. The first-order valence-electron chi connectivity index (χ1n) is 6.92. The van der Waals surface area contributed by atoms with E-state index < -0.39 is 0 Å². The Hall–Kier alpha value is -1.68. The molecule has 2 rings (SSSR count). The van der Waals surface area contributed by atoms with E-state index in [0.29, 0.717) is 6.54 Å². The Balaban J connectivity index is 1.82. The molecule has 0 saturated carbocycles. The molecule has 0 fully saturated rings. The van der Waals surface area contributed by atoms with E-state index in [1.54, 1.807) is 11.8 Å². The molecular formula is C16H20N2OS. The summed E-state index contributed by atoms with van der Waals surface area (Å²) in [6, 6.07) is 11.8. The summed E-state index contributed by atoms with van der Waals surface area (Å²) >= 11 is 1.70. The summed E-state index contributed by atoms with van der Waals surface area (Å²) in [4.78, 5) is 13.2. The Morgan fingerprint density at radius 3 is 2.70 bits per heavy atom. The van der Waals surface area contributed by atoms with Crippen LogP contribution in [0.25, 0.3) is 0 Å². The first-order chi connectivity index (χ1) is 9.81. The second kappa shape index (κ2) is 7.80. The van der Waals surface area contributed by atoms with E-state index in [1.165, 1.54) is 0 Å². The molecule has 0 saturated heterocycles. The van der Waals surface area contributed by atoms with Gasteiger partial charge in [-0.3, -0.25) is 4.79 Å². The molecule has 0 aliphatic heterocycles. The number of aromatic nitrogens is 1. The molecule has 20 heavy (non-hydrogen) atoms. The van der Waals surface area contributed by atoms with Crippen LogP contribution >= 0.6 is 11.8 Å². The number of hydrogen-bond donors (Lipinski definition) is 1. The van der Waals surface area contributed by atoms with Gasteiger partial charge in [0, 0.05) is 30.4 Å². The van der Waals surface area contributed by atoms with Crippen LogP contribution in [-0.4, -0.2) is 22.8 Å². The molecule has 1 aromatic carbocycles. The lowest BCUT2D eigenvalue weighted by Gasteiger charge is -2.09. The average molecular weight is 288 g/mol. The van der Waals surface area contributed by atoms with E-state index >= 15 is 0 Å². The number of aryl methyl sites for hydroxylation is 1. The zero-order valence-corrected chi connectivity index (χ0v) is 12.5. The van der Waals surface area contributed by atoms with Crippen molar-refractivity contribution in [1.82, 2.24) is 9.88 Å². The lowest BCUT2D eigenvalue weighted by molar-refractivity contribution is 0.0950.